The Bertz CT molecular complexity index is 1460. The summed E-state index contributed by atoms with van der Waals surface area (Å²) in [5.41, 5.74) is 4.99. The lowest BCUT2D eigenvalue weighted by Crippen LogP contribution is -2.43. The molecular weight excluding hydrogens is 448 g/mol. The number of hydrogen-bond donors (Lipinski definition) is 2. The first-order valence-corrected chi connectivity index (χ1v) is 12.7. The fourth-order valence-corrected chi connectivity index (χ4v) is 6.26. The van der Waals surface area contributed by atoms with Gasteiger partial charge in [0.25, 0.3) is 0 Å². The highest BCUT2D eigenvalue weighted by molar-refractivity contribution is 7.89. The zero-order valence-corrected chi connectivity index (χ0v) is 19.9. The number of sulfonamides is 1. The van der Waals surface area contributed by atoms with Gasteiger partial charge in [-0.05, 0) is 68.1 Å². The van der Waals surface area contributed by atoms with Crippen molar-refractivity contribution in [2.24, 2.45) is 0 Å². The number of nitrogens with one attached hydrogen (secondary N) is 2. The van der Waals surface area contributed by atoms with E-state index in [1.807, 2.05) is 62.4 Å². The van der Waals surface area contributed by atoms with Gasteiger partial charge >= 0.3 is 0 Å². The predicted octanol–water partition coefficient (Wildman–Crippen LogP) is 4.64. The van der Waals surface area contributed by atoms with Crippen LogP contribution in [0.5, 0.6) is 0 Å². The van der Waals surface area contributed by atoms with Crippen molar-refractivity contribution in [3.63, 3.8) is 0 Å². The van der Waals surface area contributed by atoms with Crippen molar-refractivity contribution in [1.29, 1.82) is 0 Å². The lowest BCUT2D eigenvalue weighted by atomic mass is 10.1. The van der Waals surface area contributed by atoms with Crippen molar-refractivity contribution in [3.8, 4) is 11.4 Å². The molecule has 1 aliphatic heterocycles. The molecule has 0 saturated carbocycles. The number of aromatic nitrogens is 2. The second-order valence-electron chi connectivity index (χ2n) is 8.77. The van der Waals surface area contributed by atoms with E-state index in [1.165, 1.54) is 4.31 Å². The smallest absolute Gasteiger partial charge is 0.243 e. The van der Waals surface area contributed by atoms with Gasteiger partial charge in [0.2, 0.25) is 15.9 Å². The number of fused-ring (bicyclic) bond motifs is 1. The number of carbonyl (C=O) groups is 1. The van der Waals surface area contributed by atoms with Crippen LogP contribution >= 0.6 is 0 Å². The molecule has 174 valence electrons. The van der Waals surface area contributed by atoms with Crippen LogP contribution in [0.25, 0.3) is 22.4 Å². The number of hydrogen-bond acceptors (Lipinski definition) is 4. The van der Waals surface area contributed by atoms with E-state index < -0.39 is 16.1 Å². The first kappa shape index (κ1) is 22.3. The number of H-pyrrole nitrogens is 1. The Balaban J connectivity index is 1.42. The quantitative estimate of drug-likeness (QED) is 0.441. The maximum Gasteiger partial charge on any atom is 0.243 e. The van der Waals surface area contributed by atoms with Gasteiger partial charge in [-0.25, -0.2) is 13.4 Å². The van der Waals surface area contributed by atoms with Gasteiger partial charge < -0.3 is 10.3 Å². The molecule has 2 N–H and O–H groups in total. The second kappa shape index (κ2) is 8.70. The maximum absolute atomic E-state index is 13.5. The summed E-state index contributed by atoms with van der Waals surface area (Å²) in [4.78, 5) is 21.0. The molecule has 0 radical (unpaired) electrons. The fraction of sp³-hybridized carbons (Fsp3) is 0.231. The van der Waals surface area contributed by atoms with Gasteiger partial charge in [-0.15, -0.1) is 0 Å². The number of amides is 1. The minimum Gasteiger partial charge on any atom is -0.338 e. The average molecular weight is 475 g/mol. The number of aromatic amines is 1. The monoisotopic (exact) mass is 474 g/mol. The number of benzene rings is 3. The van der Waals surface area contributed by atoms with E-state index in [0.717, 1.165) is 16.7 Å². The minimum absolute atomic E-state index is 0.148. The number of aryl methyl sites for hydroxylation is 2. The SMILES string of the molecule is Cc1cc(C)cc(NC(=O)[C@H]2CCCN2S(=O)(=O)c2ccc3nc(-c4ccccc4)[nH]c3c2)c1. The molecule has 0 bridgehead atoms. The van der Waals surface area contributed by atoms with Crippen LogP contribution in [0.15, 0.2) is 71.6 Å². The topological polar surface area (TPSA) is 95.2 Å². The van der Waals surface area contributed by atoms with Gasteiger partial charge in [-0.2, -0.15) is 4.31 Å². The molecular formula is C26H26N4O3S. The Morgan fingerprint density at radius 3 is 2.50 bits per heavy atom. The molecule has 1 saturated heterocycles. The van der Waals surface area contributed by atoms with Gasteiger partial charge in [0, 0.05) is 17.8 Å². The summed E-state index contributed by atoms with van der Waals surface area (Å²) in [5, 5.41) is 2.91. The summed E-state index contributed by atoms with van der Waals surface area (Å²) in [6, 6.07) is 19.6. The molecule has 0 spiro atoms. The van der Waals surface area contributed by atoms with Gasteiger partial charge in [-0.1, -0.05) is 36.4 Å². The lowest BCUT2D eigenvalue weighted by molar-refractivity contribution is -0.119. The summed E-state index contributed by atoms with van der Waals surface area (Å²) in [6.07, 6.45) is 1.12. The van der Waals surface area contributed by atoms with Crippen LogP contribution in [0.3, 0.4) is 0 Å². The Morgan fingerprint density at radius 2 is 1.76 bits per heavy atom. The number of carbonyl (C=O) groups excluding carboxylic acids is 1. The zero-order valence-electron chi connectivity index (χ0n) is 19.1. The van der Waals surface area contributed by atoms with Gasteiger partial charge in [-0.3, -0.25) is 4.79 Å². The predicted molar refractivity (Wildman–Crippen MR) is 133 cm³/mol. The normalized spacial score (nSPS) is 16.7. The van der Waals surface area contributed by atoms with Crippen molar-refractivity contribution >= 4 is 32.7 Å². The summed E-state index contributed by atoms with van der Waals surface area (Å²) in [7, 11) is -3.86. The van der Waals surface area contributed by atoms with E-state index in [9.17, 15) is 13.2 Å². The second-order valence-corrected chi connectivity index (χ2v) is 10.7. The van der Waals surface area contributed by atoms with E-state index in [0.29, 0.717) is 41.9 Å². The summed E-state index contributed by atoms with van der Waals surface area (Å²) < 4.78 is 28.4. The molecule has 1 atom stereocenters. The Kier molecular flexibility index (Phi) is 5.71. The molecule has 7 nitrogen and oxygen atoms in total. The highest BCUT2D eigenvalue weighted by Gasteiger charge is 2.39. The van der Waals surface area contributed by atoms with Crippen molar-refractivity contribution in [3.05, 3.63) is 77.9 Å². The highest BCUT2D eigenvalue weighted by atomic mass is 32.2. The summed E-state index contributed by atoms with van der Waals surface area (Å²) in [6.45, 7) is 4.23. The van der Waals surface area contributed by atoms with Crippen molar-refractivity contribution in [2.45, 2.75) is 37.6 Å². The number of anilines is 1. The number of imidazole rings is 1. The van der Waals surface area contributed by atoms with Crippen LogP contribution < -0.4 is 5.32 Å². The lowest BCUT2D eigenvalue weighted by Gasteiger charge is -2.23. The molecule has 0 aliphatic carbocycles. The van der Waals surface area contributed by atoms with E-state index in [2.05, 4.69) is 15.3 Å². The van der Waals surface area contributed by atoms with Gasteiger partial charge in [0.1, 0.15) is 11.9 Å². The molecule has 0 unspecified atom stereocenters. The molecule has 1 aromatic heterocycles. The van der Waals surface area contributed by atoms with Crippen molar-refractivity contribution in [1.82, 2.24) is 14.3 Å². The van der Waals surface area contributed by atoms with Crippen LogP contribution in [0.4, 0.5) is 5.69 Å². The van der Waals surface area contributed by atoms with Gasteiger partial charge in [0.15, 0.2) is 0 Å². The molecule has 4 aromatic rings. The largest absolute Gasteiger partial charge is 0.338 e. The first-order valence-electron chi connectivity index (χ1n) is 11.3. The standard InChI is InChI=1S/C26H26N4O3S/c1-17-13-18(2)15-20(14-17)27-26(31)24-9-6-12-30(24)34(32,33)21-10-11-22-23(16-21)29-25(28-22)19-7-4-3-5-8-19/h3-5,7-8,10-11,13-16,24H,6,9,12H2,1-2H3,(H,27,31)(H,28,29)/t24-/m1/s1. The van der Waals surface area contributed by atoms with E-state index in [-0.39, 0.29) is 10.8 Å². The van der Waals surface area contributed by atoms with E-state index >= 15 is 0 Å². The van der Waals surface area contributed by atoms with Crippen molar-refractivity contribution < 1.29 is 13.2 Å². The summed E-state index contributed by atoms with van der Waals surface area (Å²) in [5.74, 6) is 0.372. The zero-order chi connectivity index (χ0) is 23.9. The molecule has 2 heterocycles. The number of rotatable bonds is 5. The molecule has 3 aromatic carbocycles. The third-order valence-corrected chi connectivity index (χ3v) is 8.01. The van der Waals surface area contributed by atoms with Crippen LogP contribution in [-0.2, 0) is 14.8 Å². The van der Waals surface area contributed by atoms with E-state index in [1.54, 1.807) is 18.2 Å². The minimum atomic E-state index is -3.86. The van der Waals surface area contributed by atoms with E-state index in [4.69, 9.17) is 0 Å². The highest BCUT2D eigenvalue weighted by Crippen LogP contribution is 2.29. The Hall–Kier alpha value is -3.49. The Labute approximate surface area is 198 Å². The van der Waals surface area contributed by atoms with Crippen LogP contribution in [0.2, 0.25) is 0 Å². The van der Waals surface area contributed by atoms with Gasteiger partial charge in [0.05, 0.1) is 15.9 Å². The van der Waals surface area contributed by atoms with Crippen LogP contribution in [-0.4, -0.2) is 41.2 Å². The number of nitrogens with zero attached hydrogens (tertiary/aromatic N) is 2. The molecule has 34 heavy (non-hydrogen) atoms. The third-order valence-electron chi connectivity index (χ3n) is 6.10. The van der Waals surface area contributed by atoms with Crippen molar-refractivity contribution in [2.75, 3.05) is 11.9 Å². The first-order chi connectivity index (χ1) is 16.3. The van der Waals surface area contributed by atoms with Crippen LogP contribution in [0, 0.1) is 13.8 Å². The molecule has 1 aliphatic rings. The Morgan fingerprint density at radius 1 is 1.03 bits per heavy atom. The average Bonchev–Trinajstić information content (AvgIpc) is 3.46. The molecule has 1 amide bonds. The maximum atomic E-state index is 13.5. The fourth-order valence-electron chi connectivity index (χ4n) is 4.58. The third kappa shape index (κ3) is 4.22. The molecule has 5 rings (SSSR count). The van der Waals surface area contributed by atoms with Crippen LogP contribution in [0.1, 0.15) is 24.0 Å². The summed E-state index contributed by atoms with van der Waals surface area (Å²) >= 11 is 0. The molecule has 8 heteroatoms. The molecule has 1 fully saturated rings.